The van der Waals surface area contributed by atoms with E-state index >= 15 is 0 Å². The summed E-state index contributed by atoms with van der Waals surface area (Å²) >= 11 is 0. The monoisotopic (exact) mass is 312 g/mol. The third-order valence-electron chi connectivity index (χ3n) is 4.07. The highest BCUT2D eigenvalue weighted by Crippen LogP contribution is 2.35. The minimum Gasteiger partial charge on any atom is -0.495 e. The molecule has 0 aliphatic carbocycles. The molecule has 120 valence electrons. The third-order valence-corrected chi connectivity index (χ3v) is 4.07. The number of carbonyl (C=O) groups is 1. The summed E-state index contributed by atoms with van der Waals surface area (Å²) in [6, 6.07) is 11.4. The number of hydrogen-bond donors (Lipinski definition) is 1. The summed E-state index contributed by atoms with van der Waals surface area (Å²) in [4.78, 5) is 14.2. The lowest BCUT2D eigenvalue weighted by atomic mass is 10.0. The smallest absolute Gasteiger partial charge is 0.268 e. The van der Waals surface area contributed by atoms with Gasteiger partial charge in [0.1, 0.15) is 11.5 Å². The van der Waals surface area contributed by atoms with Gasteiger partial charge in [-0.2, -0.15) is 0 Å². The molecule has 2 aromatic rings. The minimum atomic E-state index is -0.554. The lowest BCUT2D eigenvalue weighted by Gasteiger charge is -2.32. The Kier molecular flexibility index (Phi) is 3.86. The molecule has 0 saturated heterocycles. The summed E-state index contributed by atoms with van der Waals surface area (Å²) in [5.74, 6) is 1.30. The van der Waals surface area contributed by atoms with Crippen LogP contribution in [0.3, 0.4) is 0 Å². The summed E-state index contributed by atoms with van der Waals surface area (Å²) in [5, 5.41) is 0. The summed E-state index contributed by atoms with van der Waals surface area (Å²) in [5.41, 5.74) is 9.32. The molecule has 5 heteroatoms. The third kappa shape index (κ3) is 2.82. The quantitative estimate of drug-likeness (QED) is 0.885. The standard InChI is InChI=1S/C18H20N2O3/c1-11-4-6-14-16(8-11)23-17(18(21)20(14)2)10-12-5-7-15(22-3)13(19)9-12/h4-9,17H,10,19H2,1-3H3. The molecule has 0 bridgehead atoms. The van der Waals surface area contributed by atoms with Crippen molar-refractivity contribution in [3.63, 3.8) is 0 Å². The van der Waals surface area contributed by atoms with Gasteiger partial charge in [-0.05, 0) is 42.3 Å². The van der Waals surface area contributed by atoms with Gasteiger partial charge in [-0.25, -0.2) is 0 Å². The zero-order valence-corrected chi connectivity index (χ0v) is 13.5. The van der Waals surface area contributed by atoms with Crippen molar-refractivity contribution in [1.29, 1.82) is 0 Å². The number of nitrogens with two attached hydrogens (primary N) is 1. The number of rotatable bonds is 3. The van der Waals surface area contributed by atoms with E-state index in [4.69, 9.17) is 15.2 Å². The van der Waals surface area contributed by atoms with Gasteiger partial charge in [0.2, 0.25) is 0 Å². The molecule has 0 aromatic heterocycles. The van der Waals surface area contributed by atoms with E-state index in [1.165, 1.54) is 0 Å². The molecule has 1 heterocycles. The molecule has 1 aliphatic heterocycles. The number of carbonyl (C=O) groups excluding carboxylic acids is 1. The zero-order valence-electron chi connectivity index (χ0n) is 13.5. The molecule has 23 heavy (non-hydrogen) atoms. The van der Waals surface area contributed by atoms with Crippen LogP contribution in [0, 0.1) is 6.92 Å². The molecule has 1 unspecified atom stereocenters. The van der Waals surface area contributed by atoms with E-state index < -0.39 is 6.10 Å². The summed E-state index contributed by atoms with van der Waals surface area (Å²) < 4.78 is 11.1. The van der Waals surface area contributed by atoms with Crippen molar-refractivity contribution in [3.8, 4) is 11.5 Å². The van der Waals surface area contributed by atoms with Crippen LogP contribution in [0.15, 0.2) is 36.4 Å². The molecule has 0 radical (unpaired) electrons. The van der Waals surface area contributed by atoms with Gasteiger partial charge in [-0.1, -0.05) is 12.1 Å². The largest absolute Gasteiger partial charge is 0.495 e. The Morgan fingerprint density at radius 3 is 2.74 bits per heavy atom. The Hall–Kier alpha value is -2.69. The number of anilines is 2. The number of fused-ring (bicyclic) bond motifs is 1. The van der Waals surface area contributed by atoms with Crippen molar-refractivity contribution < 1.29 is 14.3 Å². The van der Waals surface area contributed by atoms with E-state index in [1.807, 2.05) is 37.3 Å². The van der Waals surface area contributed by atoms with E-state index in [1.54, 1.807) is 25.1 Å². The fourth-order valence-electron chi connectivity index (χ4n) is 2.79. The number of ether oxygens (including phenoxy) is 2. The molecular weight excluding hydrogens is 292 g/mol. The van der Waals surface area contributed by atoms with Gasteiger partial charge in [0.15, 0.2) is 6.10 Å². The number of nitrogen functional groups attached to an aromatic ring is 1. The maximum atomic E-state index is 12.5. The van der Waals surface area contributed by atoms with Gasteiger partial charge >= 0.3 is 0 Å². The second-order valence-electron chi connectivity index (χ2n) is 5.76. The summed E-state index contributed by atoms with van der Waals surface area (Å²) in [6.45, 7) is 2.00. The summed E-state index contributed by atoms with van der Waals surface area (Å²) in [7, 11) is 3.35. The molecule has 1 aliphatic rings. The Morgan fingerprint density at radius 1 is 1.26 bits per heavy atom. The molecule has 3 rings (SSSR count). The van der Waals surface area contributed by atoms with Crippen molar-refractivity contribution in [1.82, 2.24) is 0 Å². The second kappa shape index (κ2) is 5.83. The molecule has 0 fully saturated rings. The fraction of sp³-hybridized carbons (Fsp3) is 0.278. The Labute approximate surface area is 135 Å². The van der Waals surface area contributed by atoms with Gasteiger partial charge in [0.05, 0.1) is 18.5 Å². The van der Waals surface area contributed by atoms with Crippen LogP contribution in [-0.2, 0) is 11.2 Å². The van der Waals surface area contributed by atoms with E-state index in [9.17, 15) is 4.79 Å². The number of nitrogens with zero attached hydrogens (tertiary/aromatic N) is 1. The van der Waals surface area contributed by atoms with Crippen molar-refractivity contribution in [2.75, 3.05) is 24.8 Å². The topological polar surface area (TPSA) is 64.8 Å². The first-order chi connectivity index (χ1) is 11.0. The molecule has 1 amide bonds. The molecule has 0 spiro atoms. The lowest BCUT2D eigenvalue weighted by molar-refractivity contribution is -0.125. The normalized spacial score (nSPS) is 16.7. The lowest BCUT2D eigenvalue weighted by Crippen LogP contribution is -2.44. The number of amides is 1. The van der Waals surface area contributed by atoms with E-state index in [0.29, 0.717) is 17.9 Å². The highest BCUT2D eigenvalue weighted by atomic mass is 16.5. The fourth-order valence-corrected chi connectivity index (χ4v) is 2.79. The first-order valence-electron chi connectivity index (χ1n) is 7.47. The van der Waals surface area contributed by atoms with Crippen LogP contribution in [0.5, 0.6) is 11.5 Å². The Balaban J connectivity index is 1.86. The van der Waals surface area contributed by atoms with Gasteiger partial charge < -0.3 is 20.1 Å². The van der Waals surface area contributed by atoms with E-state index in [0.717, 1.165) is 22.6 Å². The average Bonchev–Trinajstić information content (AvgIpc) is 2.52. The maximum Gasteiger partial charge on any atom is 0.268 e. The van der Waals surface area contributed by atoms with E-state index in [2.05, 4.69) is 0 Å². The van der Waals surface area contributed by atoms with Crippen molar-refractivity contribution in [2.45, 2.75) is 19.4 Å². The summed E-state index contributed by atoms with van der Waals surface area (Å²) in [6.07, 6.45) is -0.0906. The molecular formula is C18H20N2O3. The molecule has 2 N–H and O–H groups in total. The average molecular weight is 312 g/mol. The first-order valence-corrected chi connectivity index (χ1v) is 7.47. The maximum absolute atomic E-state index is 12.5. The van der Waals surface area contributed by atoms with Crippen LogP contribution in [0.1, 0.15) is 11.1 Å². The van der Waals surface area contributed by atoms with Crippen molar-refractivity contribution in [2.24, 2.45) is 0 Å². The highest BCUT2D eigenvalue weighted by molar-refractivity contribution is 5.99. The predicted molar refractivity (Wildman–Crippen MR) is 90.1 cm³/mol. The van der Waals surface area contributed by atoms with Crippen LogP contribution in [0.25, 0.3) is 0 Å². The number of benzene rings is 2. The molecule has 2 aromatic carbocycles. The van der Waals surface area contributed by atoms with Crippen LogP contribution in [0.4, 0.5) is 11.4 Å². The minimum absolute atomic E-state index is 0.0595. The number of hydrogen-bond acceptors (Lipinski definition) is 4. The predicted octanol–water partition coefficient (Wildman–Crippen LogP) is 2.55. The van der Waals surface area contributed by atoms with E-state index in [-0.39, 0.29) is 5.91 Å². The highest BCUT2D eigenvalue weighted by Gasteiger charge is 2.32. The number of methoxy groups -OCH3 is 1. The molecule has 0 saturated carbocycles. The Morgan fingerprint density at radius 2 is 2.04 bits per heavy atom. The SMILES string of the molecule is COc1ccc(CC2Oc3cc(C)ccc3N(C)C2=O)cc1N. The van der Waals surface area contributed by atoms with Crippen LogP contribution in [-0.4, -0.2) is 26.2 Å². The molecule has 1 atom stereocenters. The van der Waals surface area contributed by atoms with Crippen LogP contribution < -0.4 is 20.1 Å². The number of likely N-dealkylation sites (N-methyl/N-ethyl adjacent to an activating group) is 1. The van der Waals surface area contributed by atoms with Crippen molar-refractivity contribution in [3.05, 3.63) is 47.5 Å². The second-order valence-corrected chi connectivity index (χ2v) is 5.76. The number of aryl methyl sites for hydroxylation is 1. The van der Waals surface area contributed by atoms with Gasteiger partial charge in [0, 0.05) is 13.5 Å². The van der Waals surface area contributed by atoms with Crippen molar-refractivity contribution >= 4 is 17.3 Å². The zero-order chi connectivity index (χ0) is 16.6. The first kappa shape index (κ1) is 15.2. The van der Waals surface area contributed by atoms with Gasteiger partial charge in [-0.3, -0.25) is 4.79 Å². The van der Waals surface area contributed by atoms with Gasteiger partial charge in [0.25, 0.3) is 5.91 Å². The van der Waals surface area contributed by atoms with Crippen LogP contribution in [0.2, 0.25) is 0 Å². The van der Waals surface area contributed by atoms with Gasteiger partial charge in [-0.15, -0.1) is 0 Å². The molecule has 5 nitrogen and oxygen atoms in total. The van der Waals surface area contributed by atoms with Crippen LogP contribution >= 0.6 is 0 Å². The Bertz CT molecular complexity index is 758.